The zero-order valence-corrected chi connectivity index (χ0v) is 11.1. The van der Waals surface area contributed by atoms with E-state index in [0.29, 0.717) is 13.0 Å². The highest BCUT2D eigenvalue weighted by atomic mass is 16.5. The predicted molar refractivity (Wildman–Crippen MR) is 70.1 cm³/mol. The lowest BCUT2D eigenvalue weighted by atomic mass is 10.0. The topological polar surface area (TPSA) is 35.5 Å². The van der Waals surface area contributed by atoms with Crippen molar-refractivity contribution in [2.75, 3.05) is 13.2 Å². The zero-order valence-electron chi connectivity index (χ0n) is 11.1. The van der Waals surface area contributed by atoms with Crippen molar-refractivity contribution in [1.82, 2.24) is 0 Å². The summed E-state index contributed by atoms with van der Waals surface area (Å²) in [6.45, 7) is 5.09. The number of benzene rings is 1. The Morgan fingerprint density at radius 3 is 3.11 bits per heavy atom. The van der Waals surface area contributed by atoms with Crippen LogP contribution in [-0.2, 0) is 22.4 Å². The number of hydrogen-bond donors (Lipinski definition) is 0. The van der Waals surface area contributed by atoms with Crippen molar-refractivity contribution in [3.8, 4) is 5.75 Å². The third-order valence-electron chi connectivity index (χ3n) is 3.28. The summed E-state index contributed by atoms with van der Waals surface area (Å²) >= 11 is 0. The molecule has 3 heteroatoms. The van der Waals surface area contributed by atoms with Crippen molar-refractivity contribution in [2.24, 2.45) is 0 Å². The number of ketones is 1. The number of ether oxygens (including phenoxy) is 2. The minimum absolute atomic E-state index is 0.175. The van der Waals surface area contributed by atoms with Crippen LogP contribution >= 0.6 is 0 Å². The molecule has 0 amide bonds. The smallest absolute Gasteiger partial charge is 0.161 e. The molecule has 1 aliphatic rings. The van der Waals surface area contributed by atoms with E-state index in [1.807, 2.05) is 26.0 Å². The fraction of sp³-hybridized carbons (Fsp3) is 0.533. The van der Waals surface area contributed by atoms with Gasteiger partial charge in [-0.05, 0) is 37.5 Å². The predicted octanol–water partition coefficient (Wildman–Crippen LogP) is 2.55. The van der Waals surface area contributed by atoms with E-state index >= 15 is 0 Å². The molecule has 0 saturated carbocycles. The highest BCUT2D eigenvalue weighted by Gasteiger charge is 2.15. The van der Waals surface area contributed by atoms with E-state index in [9.17, 15) is 4.79 Å². The van der Waals surface area contributed by atoms with Gasteiger partial charge >= 0.3 is 0 Å². The molecule has 98 valence electrons. The van der Waals surface area contributed by atoms with Crippen LogP contribution in [0, 0.1) is 0 Å². The first-order chi connectivity index (χ1) is 8.70. The van der Waals surface area contributed by atoms with E-state index in [1.165, 1.54) is 11.1 Å². The van der Waals surface area contributed by atoms with Crippen LogP contribution in [0.5, 0.6) is 5.75 Å². The quantitative estimate of drug-likeness (QED) is 0.776. The molecule has 1 aromatic carbocycles. The molecular formula is C15H20O3. The molecule has 2 rings (SSSR count). The molecule has 0 fully saturated rings. The van der Waals surface area contributed by atoms with Crippen LogP contribution < -0.4 is 4.74 Å². The summed E-state index contributed by atoms with van der Waals surface area (Å²) in [7, 11) is 0. The van der Waals surface area contributed by atoms with E-state index in [2.05, 4.69) is 6.07 Å². The lowest BCUT2D eigenvalue weighted by Gasteiger charge is -2.10. The summed E-state index contributed by atoms with van der Waals surface area (Å²) in [5, 5.41) is 0. The largest absolute Gasteiger partial charge is 0.493 e. The average Bonchev–Trinajstić information content (AvgIpc) is 2.83. The maximum Gasteiger partial charge on any atom is 0.161 e. The van der Waals surface area contributed by atoms with Gasteiger partial charge in [-0.3, -0.25) is 4.79 Å². The fourth-order valence-corrected chi connectivity index (χ4v) is 2.21. The Morgan fingerprint density at radius 1 is 1.50 bits per heavy atom. The van der Waals surface area contributed by atoms with E-state index in [4.69, 9.17) is 9.47 Å². The molecule has 0 saturated heterocycles. The Bertz CT molecular complexity index is 426. The van der Waals surface area contributed by atoms with Gasteiger partial charge in [0.15, 0.2) is 5.78 Å². The summed E-state index contributed by atoms with van der Waals surface area (Å²) in [6.07, 6.45) is 2.02. The van der Waals surface area contributed by atoms with Crippen molar-refractivity contribution in [2.45, 2.75) is 39.2 Å². The number of fused-ring (bicyclic) bond motifs is 1. The van der Waals surface area contributed by atoms with Crippen LogP contribution in [0.4, 0.5) is 0 Å². The molecule has 1 unspecified atom stereocenters. The lowest BCUT2D eigenvalue weighted by molar-refractivity contribution is -0.129. The van der Waals surface area contributed by atoms with Gasteiger partial charge in [0.1, 0.15) is 11.9 Å². The molecule has 3 nitrogen and oxygen atoms in total. The summed E-state index contributed by atoms with van der Waals surface area (Å²) in [5.74, 6) is 1.17. The second-order valence-corrected chi connectivity index (χ2v) is 4.60. The first-order valence-corrected chi connectivity index (χ1v) is 6.59. The molecule has 0 bridgehead atoms. The van der Waals surface area contributed by atoms with Crippen molar-refractivity contribution in [3.05, 3.63) is 29.3 Å². The Hall–Kier alpha value is -1.35. The first kappa shape index (κ1) is 13.1. The number of aryl methyl sites for hydroxylation is 1. The number of rotatable bonds is 6. The van der Waals surface area contributed by atoms with Crippen molar-refractivity contribution in [3.63, 3.8) is 0 Å². The summed E-state index contributed by atoms with van der Waals surface area (Å²) in [4.78, 5) is 11.8. The Morgan fingerprint density at radius 2 is 2.33 bits per heavy atom. The molecule has 0 aromatic heterocycles. The van der Waals surface area contributed by atoms with Gasteiger partial charge in [-0.1, -0.05) is 12.1 Å². The van der Waals surface area contributed by atoms with Crippen LogP contribution in [0.25, 0.3) is 0 Å². The first-order valence-electron chi connectivity index (χ1n) is 6.59. The Balaban J connectivity index is 1.88. The normalized spacial score (nSPS) is 15.0. The van der Waals surface area contributed by atoms with Crippen LogP contribution in [0.2, 0.25) is 0 Å². The van der Waals surface area contributed by atoms with Crippen molar-refractivity contribution < 1.29 is 14.3 Å². The zero-order chi connectivity index (χ0) is 13.0. The number of carbonyl (C=O) groups is 1. The number of hydrogen-bond acceptors (Lipinski definition) is 3. The van der Waals surface area contributed by atoms with Crippen LogP contribution in [-0.4, -0.2) is 25.1 Å². The molecule has 0 radical (unpaired) electrons. The standard InChI is InChI=1S/C15H20O3/c1-3-17-11(2)14(16)6-4-12-5-7-15-13(10-12)8-9-18-15/h5,7,10-11H,3-4,6,8-9H2,1-2H3. The SMILES string of the molecule is CCOC(C)C(=O)CCc1ccc2c(c1)CCO2. The van der Waals surface area contributed by atoms with Crippen LogP contribution in [0.15, 0.2) is 18.2 Å². The van der Waals surface area contributed by atoms with Crippen molar-refractivity contribution >= 4 is 5.78 Å². The van der Waals surface area contributed by atoms with E-state index in [-0.39, 0.29) is 11.9 Å². The Kier molecular flexibility index (Phi) is 4.37. The van der Waals surface area contributed by atoms with E-state index in [0.717, 1.165) is 25.2 Å². The molecule has 1 aromatic rings. The summed E-state index contributed by atoms with van der Waals surface area (Å²) in [6, 6.07) is 6.21. The molecule has 1 atom stereocenters. The van der Waals surface area contributed by atoms with Gasteiger partial charge in [-0.25, -0.2) is 0 Å². The van der Waals surface area contributed by atoms with Crippen LogP contribution in [0.1, 0.15) is 31.4 Å². The molecule has 0 aliphatic carbocycles. The van der Waals surface area contributed by atoms with E-state index < -0.39 is 0 Å². The van der Waals surface area contributed by atoms with Gasteiger partial charge in [0.25, 0.3) is 0 Å². The number of carbonyl (C=O) groups excluding carboxylic acids is 1. The second kappa shape index (κ2) is 6.01. The minimum atomic E-state index is -0.284. The maximum absolute atomic E-state index is 11.8. The minimum Gasteiger partial charge on any atom is -0.493 e. The highest BCUT2D eigenvalue weighted by Crippen LogP contribution is 2.26. The van der Waals surface area contributed by atoms with Gasteiger partial charge in [-0.15, -0.1) is 0 Å². The number of Topliss-reactive ketones (excluding diaryl/α,β-unsaturated/α-hetero) is 1. The third kappa shape index (κ3) is 3.10. The average molecular weight is 248 g/mol. The molecule has 1 heterocycles. The lowest BCUT2D eigenvalue weighted by Crippen LogP contribution is -2.21. The highest BCUT2D eigenvalue weighted by molar-refractivity contribution is 5.82. The summed E-state index contributed by atoms with van der Waals surface area (Å²) < 4.78 is 10.8. The second-order valence-electron chi connectivity index (χ2n) is 4.60. The third-order valence-corrected chi connectivity index (χ3v) is 3.28. The summed E-state index contributed by atoms with van der Waals surface area (Å²) in [5.41, 5.74) is 2.47. The fourth-order valence-electron chi connectivity index (χ4n) is 2.21. The maximum atomic E-state index is 11.8. The molecule has 0 N–H and O–H groups in total. The molecule has 18 heavy (non-hydrogen) atoms. The van der Waals surface area contributed by atoms with Crippen LogP contribution in [0.3, 0.4) is 0 Å². The van der Waals surface area contributed by atoms with Crippen molar-refractivity contribution in [1.29, 1.82) is 0 Å². The molecular weight excluding hydrogens is 228 g/mol. The van der Waals surface area contributed by atoms with Gasteiger partial charge in [-0.2, -0.15) is 0 Å². The van der Waals surface area contributed by atoms with E-state index in [1.54, 1.807) is 0 Å². The Labute approximate surface area is 108 Å². The molecule has 1 aliphatic heterocycles. The molecule has 0 spiro atoms. The van der Waals surface area contributed by atoms with Gasteiger partial charge in [0.2, 0.25) is 0 Å². The van der Waals surface area contributed by atoms with Gasteiger partial charge in [0.05, 0.1) is 6.61 Å². The monoisotopic (exact) mass is 248 g/mol. The van der Waals surface area contributed by atoms with Gasteiger partial charge < -0.3 is 9.47 Å². The van der Waals surface area contributed by atoms with Gasteiger partial charge in [0, 0.05) is 19.4 Å².